The molecule has 2 aromatic carbocycles. The summed E-state index contributed by atoms with van der Waals surface area (Å²) in [5.41, 5.74) is 6.07. The molecular weight excluding hydrogens is 240 g/mol. The summed E-state index contributed by atoms with van der Waals surface area (Å²) < 4.78 is 36.3. The molecule has 0 aliphatic heterocycles. The second kappa shape index (κ2) is 4.91. The number of rotatable bonds is 3. The summed E-state index contributed by atoms with van der Waals surface area (Å²) in [5.74, 6) is -0.513. The molecule has 0 atom stereocenters. The zero-order valence-electron chi connectivity index (χ0n) is 9.61. The van der Waals surface area contributed by atoms with Crippen molar-refractivity contribution in [1.82, 2.24) is 0 Å². The number of halogens is 2. The summed E-state index contributed by atoms with van der Waals surface area (Å²) in [4.78, 5) is 0. The summed E-state index contributed by atoms with van der Waals surface area (Å²) in [7, 11) is 1.49. The molecule has 0 aromatic heterocycles. The van der Waals surface area contributed by atoms with Gasteiger partial charge in [0.25, 0.3) is 0 Å². The number of nitrogen functional groups attached to an aromatic ring is 1. The minimum Gasteiger partial charge on any atom is -0.497 e. The van der Waals surface area contributed by atoms with Gasteiger partial charge in [-0.05, 0) is 0 Å². The first-order valence-electron chi connectivity index (χ1n) is 5.15. The molecule has 0 aliphatic rings. The SMILES string of the molecule is COc1cc(N)cc(Oc2cc(F)cc(F)c2)c1. The molecule has 3 nitrogen and oxygen atoms in total. The van der Waals surface area contributed by atoms with Gasteiger partial charge in [-0.2, -0.15) is 0 Å². The van der Waals surface area contributed by atoms with E-state index in [0.29, 0.717) is 17.2 Å². The molecule has 2 aromatic rings. The molecule has 0 spiro atoms. The lowest BCUT2D eigenvalue weighted by Gasteiger charge is -2.09. The largest absolute Gasteiger partial charge is 0.497 e. The highest BCUT2D eigenvalue weighted by Crippen LogP contribution is 2.29. The van der Waals surface area contributed by atoms with E-state index < -0.39 is 11.6 Å². The van der Waals surface area contributed by atoms with Crippen LogP contribution >= 0.6 is 0 Å². The Morgan fingerprint density at radius 1 is 0.833 bits per heavy atom. The lowest BCUT2D eigenvalue weighted by atomic mass is 10.2. The highest BCUT2D eigenvalue weighted by molar-refractivity contribution is 5.51. The van der Waals surface area contributed by atoms with Crippen LogP contribution in [0, 0.1) is 11.6 Å². The first-order chi connectivity index (χ1) is 8.56. The van der Waals surface area contributed by atoms with Gasteiger partial charge in [-0.15, -0.1) is 0 Å². The highest BCUT2D eigenvalue weighted by atomic mass is 19.1. The Morgan fingerprint density at radius 3 is 2.00 bits per heavy atom. The van der Waals surface area contributed by atoms with Gasteiger partial charge in [0.05, 0.1) is 7.11 Å². The van der Waals surface area contributed by atoms with Crippen LogP contribution in [0.25, 0.3) is 0 Å². The lowest BCUT2D eigenvalue weighted by molar-refractivity contribution is 0.409. The molecule has 0 bridgehead atoms. The fourth-order valence-corrected chi connectivity index (χ4v) is 1.49. The molecule has 0 heterocycles. The van der Waals surface area contributed by atoms with Crippen LogP contribution in [0.4, 0.5) is 14.5 Å². The van der Waals surface area contributed by atoms with Crippen LogP contribution in [0.3, 0.4) is 0 Å². The van der Waals surface area contributed by atoms with Crippen LogP contribution in [0.2, 0.25) is 0 Å². The maximum atomic E-state index is 13.0. The molecule has 2 N–H and O–H groups in total. The Balaban J connectivity index is 2.30. The predicted octanol–water partition coefficient (Wildman–Crippen LogP) is 3.35. The third kappa shape index (κ3) is 2.88. The van der Waals surface area contributed by atoms with E-state index >= 15 is 0 Å². The van der Waals surface area contributed by atoms with Crippen molar-refractivity contribution in [3.63, 3.8) is 0 Å². The standard InChI is InChI=1S/C13H11F2NO2/c1-17-11-5-10(16)6-13(7-11)18-12-3-8(14)2-9(15)4-12/h2-7H,16H2,1H3. The number of ether oxygens (including phenoxy) is 2. The Kier molecular flexibility index (Phi) is 3.32. The number of hydrogen-bond acceptors (Lipinski definition) is 3. The van der Waals surface area contributed by atoms with Crippen molar-refractivity contribution in [2.75, 3.05) is 12.8 Å². The number of benzene rings is 2. The van der Waals surface area contributed by atoms with Crippen molar-refractivity contribution in [1.29, 1.82) is 0 Å². The van der Waals surface area contributed by atoms with Crippen molar-refractivity contribution >= 4 is 5.69 Å². The normalized spacial score (nSPS) is 10.2. The molecule has 0 amide bonds. The summed E-state index contributed by atoms with van der Waals surface area (Å²) in [6.07, 6.45) is 0. The minimum atomic E-state index is -0.708. The van der Waals surface area contributed by atoms with Gasteiger partial charge in [-0.25, -0.2) is 8.78 Å². The van der Waals surface area contributed by atoms with E-state index in [1.165, 1.54) is 13.2 Å². The molecule has 0 aliphatic carbocycles. The average Bonchev–Trinajstić information content (AvgIpc) is 2.26. The molecule has 0 radical (unpaired) electrons. The Morgan fingerprint density at radius 2 is 1.39 bits per heavy atom. The van der Waals surface area contributed by atoms with Gasteiger partial charge in [-0.1, -0.05) is 0 Å². The van der Waals surface area contributed by atoms with Crippen molar-refractivity contribution in [3.05, 3.63) is 48.0 Å². The maximum absolute atomic E-state index is 13.0. The second-order valence-corrected chi connectivity index (χ2v) is 3.65. The van der Waals surface area contributed by atoms with Crippen LogP contribution in [0.1, 0.15) is 0 Å². The van der Waals surface area contributed by atoms with Crippen LogP contribution in [-0.2, 0) is 0 Å². The van der Waals surface area contributed by atoms with Gasteiger partial charge >= 0.3 is 0 Å². The van der Waals surface area contributed by atoms with E-state index in [-0.39, 0.29) is 5.75 Å². The predicted molar refractivity (Wildman–Crippen MR) is 63.8 cm³/mol. The van der Waals surface area contributed by atoms with E-state index in [9.17, 15) is 8.78 Å². The molecule has 0 saturated heterocycles. The molecule has 0 saturated carbocycles. The van der Waals surface area contributed by atoms with Crippen LogP contribution in [-0.4, -0.2) is 7.11 Å². The average molecular weight is 251 g/mol. The van der Waals surface area contributed by atoms with Crippen molar-refractivity contribution < 1.29 is 18.3 Å². The third-order valence-electron chi connectivity index (χ3n) is 2.21. The van der Waals surface area contributed by atoms with Crippen LogP contribution in [0.5, 0.6) is 17.2 Å². The van der Waals surface area contributed by atoms with E-state index in [1.807, 2.05) is 0 Å². The van der Waals surface area contributed by atoms with E-state index in [2.05, 4.69) is 0 Å². The quantitative estimate of drug-likeness (QED) is 0.851. The molecule has 5 heteroatoms. The van der Waals surface area contributed by atoms with E-state index in [4.69, 9.17) is 15.2 Å². The minimum absolute atomic E-state index is 0.0557. The molecule has 18 heavy (non-hydrogen) atoms. The monoisotopic (exact) mass is 251 g/mol. The smallest absolute Gasteiger partial charge is 0.133 e. The first-order valence-corrected chi connectivity index (χ1v) is 5.15. The molecule has 0 unspecified atom stereocenters. The van der Waals surface area contributed by atoms with Gasteiger partial charge in [0.2, 0.25) is 0 Å². The Bertz CT molecular complexity index is 553. The maximum Gasteiger partial charge on any atom is 0.133 e. The number of nitrogens with two attached hydrogens (primary N) is 1. The van der Waals surface area contributed by atoms with E-state index in [0.717, 1.165) is 18.2 Å². The fraction of sp³-hybridized carbons (Fsp3) is 0.0769. The third-order valence-corrected chi connectivity index (χ3v) is 2.21. The van der Waals surface area contributed by atoms with Crippen molar-refractivity contribution in [2.24, 2.45) is 0 Å². The second-order valence-electron chi connectivity index (χ2n) is 3.65. The Hall–Kier alpha value is -2.30. The number of hydrogen-bond donors (Lipinski definition) is 1. The van der Waals surface area contributed by atoms with Crippen molar-refractivity contribution in [3.8, 4) is 17.2 Å². The molecule has 2 rings (SSSR count). The first kappa shape index (κ1) is 12.2. The zero-order chi connectivity index (χ0) is 13.1. The topological polar surface area (TPSA) is 44.5 Å². The van der Waals surface area contributed by atoms with E-state index in [1.54, 1.807) is 12.1 Å². The lowest BCUT2D eigenvalue weighted by Crippen LogP contribution is -1.92. The zero-order valence-corrected chi connectivity index (χ0v) is 9.61. The van der Waals surface area contributed by atoms with Gasteiger partial charge in [0, 0.05) is 42.1 Å². The molecular formula is C13H11F2NO2. The highest BCUT2D eigenvalue weighted by Gasteiger charge is 2.05. The number of anilines is 1. The van der Waals surface area contributed by atoms with Gasteiger partial charge < -0.3 is 15.2 Å². The van der Waals surface area contributed by atoms with Crippen LogP contribution < -0.4 is 15.2 Å². The van der Waals surface area contributed by atoms with Crippen molar-refractivity contribution in [2.45, 2.75) is 0 Å². The summed E-state index contributed by atoms with van der Waals surface area (Å²) in [6.45, 7) is 0. The molecule has 94 valence electrons. The van der Waals surface area contributed by atoms with Gasteiger partial charge in [0.1, 0.15) is 28.9 Å². The number of methoxy groups -OCH3 is 1. The summed E-state index contributed by atoms with van der Waals surface area (Å²) in [5, 5.41) is 0. The van der Waals surface area contributed by atoms with Gasteiger partial charge in [-0.3, -0.25) is 0 Å². The van der Waals surface area contributed by atoms with Gasteiger partial charge in [0.15, 0.2) is 0 Å². The summed E-state index contributed by atoms with van der Waals surface area (Å²) >= 11 is 0. The molecule has 0 fully saturated rings. The summed E-state index contributed by atoms with van der Waals surface area (Å²) in [6, 6.07) is 7.65. The fourth-order valence-electron chi connectivity index (χ4n) is 1.49. The Labute approximate surface area is 103 Å². The van der Waals surface area contributed by atoms with Crippen LogP contribution in [0.15, 0.2) is 36.4 Å².